The van der Waals surface area contributed by atoms with Crippen LogP contribution in [-0.4, -0.2) is 32.4 Å². The lowest BCUT2D eigenvalue weighted by atomic mass is 9.44. The number of hydrogen-bond acceptors (Lipinski definition) is 4. The number of carbonyl (C=O) groups is 3. The number of hydrogen-bond donors (Lipinski definition) is 1. The van der Waals surface area contributed by atoms with E-state index in [1.807, 2.05) is 10.8 Å². The normalized spacial score (nSPS) is 43.5. The zero-order chi connectivity index (χ0) is 23.3. The summed E-state index contributed by atoms with van der Waals surface area (Å²) in [5, 5.41) is 14.1. The molecule has 176 valence electrons. The summed E-state index contributed by atoms with van der Waals surface area (Å²) in [5.74, 6) is 1.35. The molecule has 0 radical (unpaired) electrons. The average molecular weight is 451 g/mol. The monoisotopic (exact) mass is 450 g/mol. The fourth-order valence-electron chi connectivity index (χ4n) is 9.64. The molecule has 6 heteroatoms. The van der Waals surface area contributed by atoms with E-state index in [9.17, 15) is 19.5 Å². The first-order valence-electron chi connectivity index (χ1n) is 12.6. The maximum atomic E-state index is 13.5. The molecule has 0 unspecified atom stereocenters. The van der Waals surface area contributed by atoms with Gasteiger partial charge < -0.3 is 5.11 Å². The fourth-order valence-corrected chi connectivity index (χ4v) is 9.64. The van der Waals surface area contributed by atoms with Crippen molar-refractivity contribution in [1.82, 2.24) is 9.78 Å². The number of nitrogens with zero attached hydrogens (tertiary/aromatic N) is 2. The van der Waals surface area contributed by atoms with Gasteiger partial charge in [-0.25, -0.2) is 4.79 Å². The van der Waals surface area contributed by atoms with E-state index in [1.54, 1.807) is 6.92 Å². The van der Waals surface area contributed by atoms with E-state index in [1.165, 1.54) is 11.8 Å². The molecular formula is C27H34N2O4. The smallest absolute Gasteiger partial charge is 0.339 e. The minimum Gasteiger partial charge on any atom is -0.478 e. The Morgan fingerprint density at radius 1 is 1.15 bits per heavy atom. The molecule has 2 heterocycles. The van der Waals surface area contributed by atoms with E-state index in [4.69, 9.17) is 0 Å². The maximum absolute atomic E-state index is 13.5. The van der Waals surface area contributed by atoms with Crippen molar-refractivity contribution in [3.8, 4) is 0 Å². The van der Waals surface area contributed by atoms with Crippen LogP contribution in [0.1, 0.15) is 81.8 Å². The average Bonchev–Trinajstić information content (AvgIpc) is 3.29. The number of carbonyl (C=O) groups excluding carboxylic acids is 2. The molecular weight excluding hydrogens is 416 g/mol. The number of aromatic carboxylic acids is 1. The Morgan fingerprint density at radius 2 is 1.94 bits per heavy atom. The van der Waals surface area contributed by atoms with E-state index in [0.29, 0.717) is 37.1 Å². The van der Waals surface area contributed by atoms with Crippen molar-refractivity contribution in [1.29, 1.82) is 0 Å². The zero-order valence-electron chi connectivity index (χ0n) is 19.9. The number of Topliss-reactive ketones (excluding diaryl/α,β-unsaturated/α-hetero) is 1. The van der Waals surface area contributed by atoms with Gasteiger partial charge in [-0.1, -0.05) is 19.4 Å². The molecule has 5 aliphatic rings. The van der Waals surface area contributed by atoms with Gasteiger partial charge in [-0.3, -0.25) is 14.3 Å². The van der Waals surface area contributed by atoms with Gasteiger partial charge in [0.15, 0.2) is 5.78 Å². The molecule has 0 saturated heterocycles. The summed E-state index contributed by atoms with van der Waals surface area (Å²) in [7, 11) is 0. The number of ketones is 2. The van der Waals surface area contributed by atoms with Gasteiger partial charge in [-0.15, -0.1) is 0 Å². The largest absolute Gasteiger partial charge is 0.478 e. The van der Waals surface area contributed by atoms with Crippen LogP contribution in [0, 0.1) is 39.9 Å². The molecule has 0 amide bonds. The van der Waals surface area contributed by atoms with E-state index >= 15 is 0 Å². The topological polar surface area (TPSA) is 89.3 Å². The van der Waals surface area contributed by atoms with Crippen molar-refractivity contribution in [3.05, 3.63) is 29.1 Å². The van der Waals surface area contributed by atoms with Crippen LogP contribution in [0.3, 0.4) is 0 Å². The van der Waals surface area contributed by atoms with Crippen LogP contribution >= 0.6 is 0 Å². The van der Waals surface area contributed by atoms with Crippen LogP contribution in [0.15, 0.2) is 17.8 Å². The van der Waals surface area contributed by atoms with E-state index in [-0.39, 0.29) is 33.9 Å². The molecule has 1 N–H and O–H groups in total. The predicted octanol–water partition coefficient (Wildman–Crippen LogP) is 4.47. The minimum absolute atomic E-state index is 0.110. The molecule has 0 bridgehead atoms. The summed E-state index contributed by atoms with van der Waals surface area (Å²) in [6, 6.07) is 0. The summed E-state index contributed by atoms with van der Waals surface area (Å²) < 4.78 is 1.86. The first kappa shape index (κ1) is 21.3. The number of fused-ring (bicyclic) bond motifs is 8. The van der Waals surface area contributed by atoms with Crippen LogP contribution in [0.25, 0.3) is 0 Å². The van der Waals surface area contributed by atoms with Gasteiger partial charge in [0.05, 0.1) is 11.9 Å². The van der Waals surface area contributed by atoms with Crippen molar-refractivity contribution < 1.29 is 19.5 Å². The molecule has 7 atom stereocenters. The van der Waals surface area contributed by atoms with Crippen LogP contribution < -0.4 is 0 Å². The zero-order valence-corrected chi connectivity index (χ0v) is 19.9. The number of carboxylic acid groups (broad SMARTS) is 1. The van der Waals surface area contributed by atoms with Gasteiger partial charge in [0.1, 0.15) is 11.3 Å². The SMILES string of the molecule is CC(=O)[C@@]12Cc3c(C(=O)O)cnn3C[C@@H]1C[C@H]1[C@@H]3CCC4=CC(=O)CC[C@]4(C)[C@H]3CC[C@@]12C. The van der Waals surface area contributed by atoms with Crippen LogP contribution in [0.2, 0.25) is 0 Å². The number of allylic oxidation sites excluding steroid dienone is 1. The number of aromatic nitrogens is 2. The Bertz CT molecular complexity index is 1120. The standard InChI is InChI=1S/C27H34N2O4/c1-15(30)27-12-23-20(24(32)33)13-28-29(23)14-17(27)11-22-19-5-4-16-10-18(31)6-8-25(16,2)21(19)7-9-26(22,27)3/h10,13,17,19,21-22H,4-9,11-12,14H2,1-3H3,(H,32,33)/t17-,19+,21-,22-,25-,26-,27-/m0/s1. The lowest BCUT2D eigenvalue weighted by Gasteiger charge is -2.60. The first-order chi connectivity index (χ1) is 15.6. The predicted molar refractivity (Wildman–Crippen MR) is 122 cm³/mol. The Labute approximate surface area is 194 Å². The lowest BCUT2D eigenvalue weighted by Crippen LogP contribution is -2.57. The molecule has 3 saturated carbocycles. The van der Waals surface area contributed by atoms with Gasteiger partial charge in [0.25, 0.3) is 0 Å². The third-order valence-corrected chi connectivity index (χ3v) is 11.3. The van der Waals surface area contributed by atoms with Crippen molar-refractivity contribution >= 4 is 17.5 Å². The second kappa shape index (κ2) is 6.67. The minimum atomic E-state index is -0.955. The molecule has 3 fully saturated rings. The summed E-state index contributed by atoms with van der Waals surface area (Å²) in [6.45, 7) is 7.12. The summed E-state index contributed by atoms with van der Waals surface area (Å²) in [5.41, 5.74) is 1.82. The fraction of sp³-hybridized carbons (Fsp3) is 0.704. The van der Waals surface area contributed by atoms with Gasteiger partial charge >= 0.3 is 5.97 Å². The molecule has 0 spiro atoms. The highest BCUT2D eigenvalue weighted by molar-refractivity contribution is 5.92. The second-order valence-corrected chi connectivity index (χ2v) is 12.1. The molecule has 1 aromatic heterocycles. The van der Waals surface area contributed by atoms with Crippen molar-refractivity contribution in [2.24, 2.45) is 39.9 Å². The highest BCUT2D eigenvalue weighted by atomic mass is 16.4. The quantitative estimate of drug-likeness (QED) is 0.718. The van der Waals surface area contributed by atoms with E-state index in [2.05, 4.69) is 18.9 Å². The number of rotatable bonds is 2. The Kier molecular flexibility index (Phi) is 4.30. The van der Waals surface area contributed by atoms with Crippen LogP contribution in [0.4, 0.5) is 0 Å². The molecule has 4 aliphatic carbocycles. The molecule has 1 aliphatic heterocycles. The van der Waals surface area contributed by atoms with Crippen molar-refractivity contribution in [3.63, 3.8) is 0 Å². The van der Waals surface area contributed by atoms with E-state index in [0.717, 1.165) is 44.2 Å². The highest BCUT2D eigenvalue weighted by Crippen LogP contribution is 2.73. The molecule has 1 aromatic rings. The molecule has 0 aromatic carbocycles. The summed E-state index contributed by atoms with van der Waals surface area (Å²) in [6.07, 6.45) is 10.7. The third-order valence-electron chi connectivity index (χ3n) is 11.3. The van der Waals surface area contributed by atoms with Crippen molar-refractivity contribution in [2.45, 2.75) is 78.7 Å². The Hall–Kier alpha value is -2.24. The van der Waals surface area contributed by atoms with E-state index < -0.39 is 11.4 Å². The van der Waals surface area contributed by atoms with Gasteiger partial charge in [0.2, 0.25) is 0 Å². The van der Waals surface area contributed by atoms with Gasteiger partial charge in [0, 0.05) is 24.8 Å². The highest BCUT2D eigenvalue weighted by Gasteiger charge is 2.70. The third kappa shape index (κ3) is 2.50. The molecule has 6 rings (SSSR count). The summed E-state index contributed by atoms with van der Waals surface area (Å²) in [4.78, 5) is 37.5. The molecule has 33 heavy (non-hydrogen) atoms. The Morgan fingerprint density at radius 3 is 2.67 bits per heavy atom. The lowest BCUT2D eigenvalue weighted by molar-refractivity contribution is -0.146. The van der Waals surface area contributed by atoms with Crippen molar-refractivity contribution in [2.75, 3.05) is 0 Å². The van der Waals surface area contributed by atoms with Crippen LogP contribution in [0.5, 0.6) is 0 Å². The first-order valence-corrected chi connectivity index (χ1v) is 12.6. The number of carboxylic acids is 1. The summed E-state index contributed by atoms with van der Waals surface area (Å²) >= 11 is 0. The second-order valence-electron chi connectivity index (χ2n) is 12.1. The maximum Gasteiger partial charge on any atom is 0.339 e. The Balaban J connectivity index is 1.42. The van der Waals surface area contributed by atoms with Gasteiger partial charge in [-0.2, -0.15) is 5.10 Å². The van der Waals surface area contributed by atoms with Gasteiger partial charge in [-0.05, 0) is 86.0 Å². The molecule has 6 nitrogen and oxygen atoms in total. The van der Waals surface area contributed by atoms with Crippen LogP contribution in [-0.2, 0) is 22.6 Å².